The lowest BCUT2D eigenvalue weighted by Crippen LogP contribution is -2.35. The molecule has 0 aromatic carbocycles. The Morgan fingerprint density at radius 1 is 1.61 bits per heavy atom. The molecule has 0 aliphatic carbocycles. The van der Waals surface area contributed by atoms with Crippen molar-refractivity contribution in [2.45, 2.75) is 20.3 Å². The lowest BCUT2D eigenvalue weighted by Gasteiger charge is -2.21. The van der Waals surface area contributed by atoms with Gasteiger partial charge in [0.2, 0.25) is 5.91 Å². The number of nitrogens with zero attached hydrogens (tertiary/aromatic N) is 2. The lowest BCUT2D eigenvalue weighted by molar-refractivity contribution is -0.133. The summed E-state index contributed by atoms with van der Waals surface area (Å²) in [6, 6.07) is 4.15. The molecular weight excluding hydrogens is 312 g/mol. The van der Waals surface area contributed by atoms with Crippen LogP contribution in [0.25, 0.3) is 0 Å². The van der Waals surface area contributed by atoms with Gasteiger partial charge in [-0.1, -0.05) is 13.8 Å². The Balaban J connectivity index is 2.52. The molecule has 1 amide bonds. The van der Waals surface area contributed by atoms with Gasteiger partial charge in [-0.25, -0.2) is 0 Å². The van der Waals surface area contributed by atoms with Crippen molar-refractivity contribution in [2.75, 3.05) is 13.6 Å². The molecule has 0 aliphatic heterocycles. The van der Waals surface area contributed by atoms with Crippen LogP contribution in [0.3, 0.4) is 0 Å². The van der Waals surface area contributed by atoms with Gasteiger partial charge in [0.1, 0.15) is 5.92 Å². The van der Waals surface area contributed by atoms with Crippen LogP contribution in [-0.2, 0) is 11.2 Å². The standard InChI is InChI=1S/C13H17BrN2OS/c1-9(2)12(7-15)13(17)16(3)5-4-11-6-10(14)8-18-11/h6,8-9,12H,4-5H2,1-3H3. The number of carbonyl (C=O) groups excluding carboxylic acids is 1. The van der Waals surface area contributed by atoms with Gasteiger partial charge in [-0.15, -0.1) is 11.3 Å². The molecule has 1 atom stereocenters. The number of nitriles is 1. The van der Waals surface area contributed by atoms with Gasteiger partial charge >= 0.3 is 0 Å². The van der Waals surface area contributed by atoms with E-state index < -0.39 is 5.92 Å². The average molecular weight is 329 g/mol. The van der Waals surface area contributed by atoms with E-state index in [1.54, 1.807) is 23.3 Å². The van der Waals surface area contributed by atoms with Gasteiger partial charge < -0.3 is 4.90 Å². The van der Waals surface area contributed by atoms with Crippen molar-refractivity contribution in [1.82, 2.24) is 4.90 Å². The second-order valence-electron chi connectivity index (χ2n) is 4.59. The maximum Gasteiger partial charge on any atom is 0.239 e. The van der Waals surface area contributed by atoms with Crippen LogP contribution in [0.15, 0.2) is 15.9 Å². The predicted molar refractivity (Wildman–Crippen MR) is 77.3 cm³/mol. The third-order valence-electron chi connectivity index (χ3n) is 2.76. The third-order valence-corrected chi connectivity index (χ3v) is 4.52. The number of halogens is 1. The van der Waals surface area contributed by atoms with Crippen molar-refractivity contribution in [3.63, 3.8) is 0 Å². The highest BCUT2D eigenvalue weighted by molar-refractivity contribution is 9.10. The molecule has 0 fully saturated rings. The molecule has 98 valence electrons. The summed E-state index contributed by atoms with van der Waals surface area (Å²) in [5.41, 5.74) is 0. The zero-order valence-electron chi connectivity index (χ0n) is 10.8. The van der Waals surface area contributed by atoms with Gasteiger partial charge in [0.25, 0.3) is 0 Å². The van der Waals surface area contributed by atoms with Crippen molar-refractivity contribution in [3.05, 3.63) is 20.8 Å². The molecule has 0 spiro atoms. The summed E-state index contributed by atoms with van der Waals surface area (Å²) in [4.78, 5) is 14.9. The fourth-order valence-electron chi connectivity index (χ4n) is 1.60. The van der Waals surface area contributed by atoms with E-state index in [9.17, 15) is 4.79 Å². The van der Waals surface area contributed by atoms with Gasteiger partial charge in [0, 0.05) is 28.3 Å². The van der Waals surface area contributed by atoms with Gasteiger partial charge in [-0.2, -0.15) is 5.26 Å². The molecular formula is C13H17BrN2OS. The third kappa shape index (κ3) is 4.11. The molecule has 1 rings (SSSR count). The van der Waals surface area contributed by atoms with Gasteiger partial charge in [0.15, 0.2) is 0 Å². The summed E-state index contributed by atoms with van der Waals surface area (Å²) in [6.45, 7) is 4.45. The molecule has 18 heavy (non-hydrogen) atoms. The fraction of sp³-hybridized carbons (Fsp3) is 0.538. The van der Waals surface area contributed by atoms with Crippen LogP contribution >= 0.6 is 27.3 Å². The van der Waals surface area contributed by atoms with Crippen LogP contribution in [0.4, 0.5) is 0 Å². The van der Waals surface area contributed by atoms with Crippen molar-refractivity contribution < 1.29 is 4.79 Å². The smallest absolute Gasteiger partial charge is 0.239 e. The quantitative estimate of drug-likeness (QED) is 0.832. The average Bonchev–Trinajstić information content (AvgIpc) is 2.72. The number of rotatable bonds is 5. The first-order chi connectivity index (χ1) is 8.45. The van der Waals surface area contributed by atoms with Gasteiger partial charge in [-0.05, 0) is 34.3 Å². The number of hydrogen-bond acceptors (Lipinski definition) is 3. The SMILES string of the molecule is CC(C)C(C#N)C(=O)N(C)CCc1cc(Br)cs1. The number of amides is 1. The summed E-state index contributed by atoms with van der Waals surface area (Å²) in [5.74, 6) is -0.561. The molecule has 1 unspecified atom stereocenters. The van der Waals surface area contributed by atoms with Crippen LogP contribution in [-0.4, -0.2) is 24.4 Å². The molecule has 1 aromatic rings. The normalized spacial score (nSPS) is 12.2. The minimum atomic E-state index is -0.537. The zero-order valence-corrected chi connectivity index (χ0v) is 13.2. The first kappa shape index (κ1) is 15.2. The molecule has 1 heterocycles. The van der Waals surface area contributed by atoms with E-state index in [1.165, 1.54) is 4.88 Å². The van der Waals surface area contributed by atoms with E-state index in [0.717, 1.165) is 10.9 Å². The predicted octanol–water partition coefficient (Wildman–Crippen LogP) is 3.31. The molecule has 0 saturated heterocycles. The zero-order chi connectivity index (χ0) is 13.7. The summed E-state index contributed by atoms with van der Waals surface area (Å²) in [5, 5.41) is 11.0. The maximum absolute atomic E-state index is 12.0. The maximum atomic E-state index is 12.0. The van der Waals surface area contributed by atoms with Gasteiger partial charge in [0.05, 0.1) is 6.07 Å². The van der Waals surface area contributed by atoms with Gasteiger partial charge in [-0.3, -0.25) is 4.79 Å². The summed E-state index contributed by atoms with van der Waals surface area (Å²) >= 11 is 5.08. The highest BCUT2D eigenvalue weighted by atomic mass is 79.9. The summed E-state index contributed by atoms with van der Waals surface area (Å²) in [6.07, 6.45) is 0.828. The van der Waals surface area contributed by atoms with E-state index in [-0.39, 0.29) is 11.8 Å². The van der Waals surface area contributed by atoms with Crippen LogP contribution in [0.2, 0.25) is 0 Å². The second-order valence-corrected chi connectivity index (χ2v) is 6.50. The van der Waals surface area contributed by atoms with E-state index in [4.69, 9.17) is 5.26 Å². The highest BCUT2D eigenvalue weighted by Gasteiger charge is 2.24. The molecule has 1 aromatic heterocycles. The summed E-state index contributed by atoms with van der Waals surface area (Å²) < 4.78 is 1.08. The number of likely N-dealkylation sites (N-methyl/N-ethyl adjacent to an activating group) is 1. The molecule has 3 nitrogen and oxygen atoms in total. The first-order valence-electron chi connectivity index (χ1n) is 5.83. The van der Waals surface area contributed by atoms with Crippen molar-refractivity contribution in [3.8, 4) is 6.07 Å². The van der Waals surface area contributed by atoms with Crippen LogP contribution in [0.1, 0.15) is 18.7 Å². The highest BCUT2D eigenvalue weighted by Crippen LogP contribution is 2.20. The Morgan fingerprint density at radius 3 is 2.72 bits per heavy atom. The van der Waals surface area contributed by atoms with E-state index in [1.807, 2.05) is 19.2 Å². The second kappa shape index (κ2) is 6.91. The molecule has 0 bridgehead atoms. The van der Waals surface area contributed by atoms with E-state index in [2.05, 4.69) is 28.1 Å². The molecule has 0 radical (unpaired) electrons. The van der Waals surface area contributed by atoms with Crippen LogP contribution in [0.5, 0.6) is 0 Å². The minimum Gasteiger partial charge on any atom is -0.344 e. The molecule has 0 aliphatic rings. The Morgan fingerprint density at radius 2 is 2.28 bits per heavy atom. The number of carbonyl (C=O) groups is 1. The monoisotopic (exact) mass is 328 g/mol. The Bertz CT molecular complexity index is 450. The number of hydrogen-bond donors (Lipinski definition) is 0. The number of thiophene rings is 1. The van der Waals surface area contributed by atoms with Crippen molar-refractivity contribution in [2.24, 2.45) is 11.8 Å². The Kier molecular flexibility index (Phi) is 5.83. The molecule has 0 N–H and O–H groups in total. The summed E-state index contributed by atoms with van der Waals surface area (Å²) in [7, 11) is 1.76. The van der Waals surface area contributed by atoms with Crippen molar-refractivity contribution >= 4 is 33.2 Å². The Labute approximate surface area is 121 Å². The minimum absolute atomic E-state index is 0.0563. The Hall–Kier alpha value is -0.860. The van der Waals surface area contributed by atoms with E-state index in [0.29, 0.717) is 6.54 Å². The lowest BCUT2D eigenvalue weighted by atomic mass is 9.96. The van der Waals surface area contributed by atoms with Crippen molar-refractivity contribution in [1.29, 1.82) is 5.26 Å². The molecule has 5 heteroatoms. The fourth-order valence-corrected chi connectivity index (χ4v) is 3.04. The van der Waals surface area contributed by atoms with Crippen LogP contribution in [0, 0.1) is 23.2 Å². The largest absolute Gasteiger partial charge is 0.344 e. The molecule has 0 saturated carbocycles. The first-order valence-corrected chi connectivity index (χ1v) is 7.50. The topological polar surface area (TPSA) is 44.1 Å². The van der Waals surface area contributed by atoms with Crippen LogP contribution < -0.4 is 0 Å². The van der Waals surface area contributed by atoms with E-state index >= 15 is 0 Å².